The van der Waals surface area contributed by atoms with Gasteiger partial charge in [-0.05, 0) is 35.9 Å². The van der Waals surface area contributed by atoms with Gasteiger partial charge in [0, 0.05) is 10.0 Å². The third-order valence-corrected chi connectivity index (χ3v) is 5.09. The van der Waals surface area contributed by atoms with Gasteiger partial charge < -0.3 is 14.8 Å². The smallest absolute Gasteiger partial charge is 0.417 e. The van der Waals surface area contributed by atoms with Gasteiger partial charge in [-0.1, -0.05) is 22.0 Å². The highest BCUT2D eigenvalue weighted by atomic mass is 79.9. The lowest BCUT2D eigenvalue weighted by Crippen LogP contribution is -2.05. The molecule has 29 heavy (non-hydrogen) atoms. The number of H-pyrrole nitrogens is 2. The van der Waals surface area contributed by atoms with Gasteiger partial charge in [0.1, 0.15) is 11.4 Å². The Morgan fingerprint density at radius 2 is 1.97 bits per heavy atom. The van der Waals surface area contributed by atoms with E-state index in [1.807, 2.05) is 0 Å². The number of nitrogens with one attached hydrogen (secondary N) is 2. The van der Waals surface area contributed by atoms with Crippen LogP contribution in [-0.4, -0.2) is 32.4 Å². The number of imidazole rings is 1. The van der Waals surface area contributed by atoms with Crippen LogP contribution in [0.5, 0.6) is 5.75 Å². The SMILES string of the molecule is COc1cc(CO)ccc1-c1cc(-c2nc3cc(Br)c(C(F)(F)F)cc3[nH]2)[nH]n1. The lowest BCUT2D eigenvalue weighted by atomic mass is 10.1. The van der Waals surface area contributed by atoms with Gasteiger partial charge in [-0.25, -0.2) is 4.98 Å². The number of ether oxygens (including phenoxy) is 1. The summed E-state index contributed by atoms with van der Waals surface area (Å²) >= 11 is 2.96. The Labute approximate surface area is 170 Å². The predicted octanol–water partition coefficient (Wildman–Crippen LogP) is 4.90. The average molecular weight is 467 g/mol. The normalized spacial score (nSPS) is 11.9. The molecule has 0 aliphatic rings. The van der Waals surface area contributed by atoms with E-state index in [2.05, 4.69) is 36.1 Å². The second-order valence-corrected chi connectivity index (χ2v) is 7.15. The second kappa shape index (κ2) is 7.20. The first-order valence-electron chi connectivity index (χ1n) is 8.40. The fraction of sp³-hybridized carbons (Fsp3) is 0.158. The summed E-state index contributed by atoms with van der Waals surface area (Å²) < 4.78 is 44.6. The molecule has 0 saturated carbocycles. The van der Waals surface area contributed by atoms with Crippen molar-refractivity contribution >= 4 is 27.0 Å². The topological polar surface area (TPSA) is 86.8 Å². The highest BCUT2D eigenvalue weighted by Gasteiger charge is 2.33. The molecule has 0 radical (unpaired) electrons. The van der Waals surface area contributed by atoms with Gasteiger partial charge in [-0.15, -0.1) is 0 Å². The lowest BCUT2D eigenvalue weighted by Gasteiger charge is -2.08. The first-order chi connectivity index (χ1) is 13.8. The molecule has 0 saturated heterocycles. The van der Waals surface area contributed by atoms with Crippen LogP contribution in [0.15, 0.2) is 40.9 Å². The van der Waals surface area contributed by atoms with Crippen molar-refractivity contribution in [3.8, 4) is 28.5 Å². The number of benzene rings is 2. The number of rotatable bonds is 4. The molecule has 0 aliphatic carbocycles. The number of hydrogen-bond acceptors (Lipinski definition) is 4. The third-order valence-electron chi connectivity index (χ3n) is 4.43. The lowest BCUT2D eigenvalue weighted by molar-refractivity contribution is -0.138. The molecule has 150 valence electrons. The van der Waals surface area contributed by atoms with E-state index >= 15 is 0 Å². The van der Waals surface area contributed by atoms with Crippen molar-refractivity contribution in [3.63, 3.8) is 0 Å². The Bertz CT molecular complexity index is 1200. The van der Waals surface area contributed by atoms with E-state index in [1.54, 1.807) is 24.3 Å². The standard InChI is InChI=1S/C19H14BrF3N4O2/c1-29-17-4-9(8-28)2-3-10(17)13-7-16(27-26-13)18-24-14-5-11(19(21,22)23)12(20)6-15(14)25-18/h2-7,28H,8H2,1H3,(H,24,25)(H,26,27). The van der Waals surface area contributed by atoms with Crippen molar-refractivity contribution in [3.05, 3.63) is 52.0 Å². The number of aromatic nitrogens is 4. The molecule has 0 atom stereocenters. The van der Waals surface area contributed by atoms with Gasteiger partial charge in [-0.3, -0.25) is 5.10 Å². The highest BCUT2D eigenvalue weighted by molar-refractivity contribution is 9.10. The summed E-state index contributed by atoms with van der Waals surface area (Å²) in [6, 6.07) is 9.30. The molecular weight excluding hydrogens is 453 g/mol. The molecule has 4 rings (SSSR count). The maximum atomic E-state index is 13.1. The van der Waals surface area contributed by atoms with Crippen molar-refractivity contribution in [2.45, 2.75) is 12.8 Å². The van der Waals surface area contributed by atoms with E-state index in [4.69, 9.17) is 4.74 Å². The highest BCUT2D eigenvalue weighted by Crippen LogP contribution is 2.37. The Kier molecular flexibility index (Phi) is 4.83. The number of aliphatic hydroxyl groups excluding tert-OH is 1. The molecule has 4 aromatic rings. The number of methoxy groups -OCH3 is 1. The molecule has 2 aromatic carbocycles. The molecule has 0 aliphatic heterocycles. The van der Waals surface area contributed by atoms with E-state index in [-0.39, 0.29) is 16.6 Å². The van der Waals surface area contributed by atoms with Crippen LogP contribution in [0.3, 0.4) is 0 Å². The molecule has 0 fully saturated rings. The first kappa shape index (κ1) is 19.5. The molecule has 2 heterocycles. The van der Waals surface area contributed by atoms with E-state index in [0.717, 1.165) is 6.07 Å². The van der Waals surface area contributed by atoms with Gasteiger partial charge >= 0.3 is 6.18 Å². The minimum atomic E-state index is -4.48. The van der Waals surface area contributed by atoms with Crippen molar-refractivity contribution in [1.29, 1.82) is 0 Å². The summed E-state index contributed by atoms with van der Waals surface area (Å²) in [5, 5.41) is 16.4. The van der Waals surface area contributed by atoms with Crippen LogP contribution >= 0.6 is 15.9 Å². The fourth-order valence-corrected chi connectivity index (χ4v) is 3.56. The molecule has 0 bridgehead atoms. The summed E-state index contributed by atoms with van der Waals surface area (Å²) in [5.41, 5.74) is 2.35. The zero-order valence-electron chi connectivity index (χ0n) is 14.9. The number of hydrogen-bond donors (Lipinski definition) is 3. The number of aromatic amines is 2. The Morgan fingerprint density at radius 3 is 2.66 bits per heavy atom. The van der Waals surface area contributed by atoms with Crippen molar-refractivity contribution < 1.29 is 23.0 Å². The summed E-state index contributed by atoms with van der Waals surface area (Å²) in [4.78, 5) is 7.25. The Morgan fingerprint density at radius 1 is 1.17 bits per heavy atom. The Balaban J connectivity index is 1.74. The van der Waals surface area contributed by atoms with Crippen molar-refractivity contribution in [2.24, 2.45) is 0 Å². The third kappa shape index (κ3) is 3.60. The van der Waals surface area contributed by atoms with Gasteiger partial charge in [0.05, 0.1) is 36.0 Å². The molecule has 0 amide bonds. The molecular formula is C19H14BrF3N4O2. The van der Waals surface area contributed by atoms with Crippen LogP contribution in [0.25, 0.3) is 33.8 Å². The molecule has 0 unspecified atom stereocenters. The second-order valence-electron chi connectivity index (χ2n) is 6.29. The largest absolute Gasteiger partial charge is 0.496 e. The maximum Gasteiger partial charge on any atom is 0.417 e. The van der Waals surface area contributed by atoms with Gasteiger partial charge in [0.25, 0.3) is 0 Å². The van der Waals surface area contributed by atoms with Crippen LogP contribution in [0.4, 0.5) is 13.2 Å². The fourth-order valence-electron chi connectivity index (χ4n) is 3.00. The average Bonchev–Trinajstić information content (AvgIpc) is 3.32. The maximum absolute atomic E-state index is 13.1. The summed E-state index contributed by atoms with van der Waals surface area (Å²) in [6.45, 7) is -0.114. The summed E-state index contributed by atoms with van der Waals surface area (Å²) in [5.74, 6) is 0.897. The number of nitrogens with zero attached hydrogens (tertiary/aromatic N) is 2. The van der Waals surface area contributed by atoms with Crippen LogP contribution in [0, 0.1) is 0 Å². The zero-order chi connectivity index (χ0) is 20.8. The van der Waals surface area contributed by atoms with Crippen LogP contribution in [0.1, 0.15) is 11.1 Å². The van der Waals surface area contributed by atoms with E-state index in [9.17, 15) is 18.3 Å². The van der Waals surface area contributed by atoms with E-state index in [0.29, 0.717) is 39.6 Å². The minimum Gasteiger partial charge on any atom is -0.496 e. The number of halogens is 4. The van der Waals surface area contributed by atoms with Gasteiger partial charge in [0.2, 0.25) is 0 Å². The van der Waals surface area contributed by atoms with Crippen LogP contribution < -0.4 is 4.74 Å². The number of alkyl halides is 3. The number of aliphatic hydroxyl groups is 1. The quantitative estimate of drug-likeness (QED) is 0.399. The van der Waals surface area contributed by atoms with Crippen LogP contribution in [0.2, 0.25) is 0 Å². The molecule has 2 aromatic heterocycles. The minimum absolute atomic E-state index is 0.0745. The van der Waals surface area contributed by atoms with Crippen molar-refractivity contribution in [2.75, 3.05) is 7.11 Å². The molecule has 10 heteroatoms. The molecule has 6 nitrogen and oxygen atoms in total. The molecule has 3 N–H and O–H groups in total. The van der Waals surface area contributed by atoms with Gasteiger partial charge in [-0.2, -0.15) is 18.3 Å². The molecule has 0 spiro atoms. The summed E-state index contributed by atoms with van der Waals surface area (Å²) in [6.07, 6.45) is -4.48. The zero-order valence-corrected chi connectivity index (χ0v) is 16.5. The van der Waals surface area contributed by atoms with Crippen molar-refractivity contribution in [1.82, 2.24) is 20.2 Å². The van der Waals surface area contributed by atoms with E-state index < -0.39 is 11.7 Å². The van der Waals surface area contributed by atoms with Crippen LogP contribution in [-0.2, 0) is 12.8 Å². The predicted molar refractivity (Wildman–Crippen MR) is 104 cm³/mol. The van der Waals surface area contributed by atoms with E-state index in [1.165, 1.54) is 13.2 Å². The number of fused-ring (bicyclic) bond motifs is 1. The Hall–Kier alpha value is -2.85. The summed E-state index contributed by atoms with van der Waals surface area (Å²) in [7, 11) is 1.52. The van der Waals surface area contributed by atoms with Gasteiger partial charge in [0.15, 0.2) is 5.82 Å². The first-order valence-corrected chi connectivity index (χ1v) is 9.20. The monoisotopic (exact) mass is 466 g/mol.